The smallest absolute Gasteiger partial charge is 0.0865 e. The molecule has 1 aliphatic heterocycles. The maximum absolute atomic E-state index is 2.33. The third kappa shape index (κ3) is 1.03. The highest BCUT2D eigenvalue weighted by atomic mass is 14.1. The molecule has 0 saturated heterocycles. The Balaban J connectivity index is 2.06. The van der Waals surface area contributed by atoms with Gasteiger partial charge in [-0.05, 0) is 56.6 Å². The standard InChI is InChI=1S/C18H8B2/c1-9-2-13-7-17-18-8-14(13)4-10(9)3-12-6-16(20-18)15(19-17)5-11(1)12/h1-8H. The average molecular weight is 246 g/mol. The van der Waals surface area contributed by atoms with E-state index in [1.54, 1.807) is 0 Å². The molecule has 0 aliphatic carbocycles. The summed E-state index contributed by atoms with van der Waals surface area (Å²) in [5.41, 5.74) is 5.37. The van der Waals surface area contributed by atoms with Crippen LogP contribution in [-0.4, -0.2) is 14.6 Å². The molecule has 4 aromatic rings. The van der Waals surface area contributed by atoms with Crippen LogP contribution in [0.4, 0.5) is 0 Å². The van der Waals surface area contributed by atoms with Crippen molar-refractivity contribution in [2.45, 2.75) is 0 Å². The van der Waals surface area contributed by atoms with Gasteiger partial charge >= 0.3 is 0 Å². The molecule has 0 bridgehead atoms. The van der Waals surface area contributed by atoms with Gasteiger partial charge < -0.3 is 0 Å². The third-order valence-corrected chi connectivity index (χ3v) is 4.78. The van der Waals surface area contributed by atoms with Crippen molar-refractivity contribution >= 4 is 68.7 Å². The lowest BCUT2D eigenvalue weighted by atomic mass is 9.43. The molecule has 0 atom stereocenters. The van der Waals surface area contributed by atoms with Crippen LogP contribution in [0.3, 0.4) is 0 Å². The van der Waals surface area contributed by atoms with Gasteiger partial charge in [-0.1, -0.05) is 46.1 Å². The van der Waals surface area contributed by atoms with E-state index in [-0.39, 0.29) is 0 Å². The first-order chi connectivity index (χ1) is 9.83. The first-order valence-corrected chi connectivity index (χ1v) is 7.02. The van der Waals surface area contributed by atoms with Crippen molar-refractivity contribution in [2.24, 2.45) is 0 Å². The fourth-order valence-electron chi connectivity index (χ4n) is 3.76. The SMILES string of the molecule is [B]1c2cc3cc4cc5cc1c1cc5cc4cc3cc2[B]1. The summed E-state index contributed by atoms with van der Waals surface area (Å²) in [4.78, 5) is 0. The van der Waals surface area contributed by atoms with E-state index in [0.29, 0.717) is 0 Å². The number of fused-ring (bicyclic) bond motifs is 5. The van der Waals surface area contributed by atoms with Gasteiger partial charge in [0.25, 0.3) is 0 Å². The Morgan fingerprint density at radius 3 is 0.900 bits per heavy atom. The summed E-state index contributed by atoms with van der Waals surface area (Å²) in [7, 11) is 4.65. The Labute approximate surface area is 117 Å². The lowest BCUT2D eigenvalue weighted by molar-refractivity contribution is 1.82. The van der Waals surface area contributed by atoms with E-state index in [9.17, 15) is 0 Å². The van der Waals surface area contributed by atoms with Crippen LogP contribution >= 0.6 is 0 Å². The van der Waals surface area contributed by atoms with Crippen LogP contribution in [0.5, 0.6) is 0 Å². The Kier molecular flexibility index (Phi) is 1.42. The molecule has 5 rings (SSSR count). The van der Waals surface area contributed by atoms with E-state index in [0.717, 1.165) is 0 Å². The molecule has 1 heterocycles. The molecular formula is C18H8B2. The number of rotatable bonds is 0. The molecule has 20 heavy (non-hydrogen) atoms. The molecule has 86 valence electrons. The summed E-state index contributed by atoms with van der Waals surface area (Å²) in [6.45, 7) is 0. The zero-order chi connectivity index (χ0) is 12.8. The molecule has 0 amide bonds. The second kappa shape index (κ2) is 2.93. The van der Waals surface area contributed by atoms with Crippen LogP contribution in [-0.2, 0) is 0 Å². The lowest BCUT2D eigenvalue weighted by Gasteiger charge is -2.22. The minimum absolute atomic E-state index is 1.34. The van der Waals surface area contributed by atoms with Crippen molar-refractivity contribution in [2.75, 3.05) is 0 Å². The highest BCUT2D eigenvalue weighted by Crippen LogP contribution is 2.27. The molecular weight excluding hydrogens is 238 g/mol. The second-order valence-corrected chi connectivity index (χ2v) is 6.00. The van der Waals surface area contributed by atoms with Gasteiger partial charge in [0, 0.05) is 0 Å². The number of hydrogen-bond acceptors (Lipinski definition) is 0. The Bertz CT molecular complexity index is 923. The number of hydrogen-bond donors (Lipinski definition) is 0. The topological polar surface area (TPSA) is 0 Å². The third-order valence-electron chi connectivity index (χ3n) is 4.78. The Hall–Kier alpha value is -2.21. The number of benzene rings is 4. The molecule has 0 fully saturated rings. The predicted octanol–water partition coefficient (Wildman–Crippen LogP) is 1.08. The van der Waals surface area contributed by atoms with Crippen molar-refractivity contribution in [1.29, 1.82) is 0 Å². The van der Waals surface area contributed by atoms with Gasteiger partial charge in [-0.25, -0.2) is 0 Å². The van der Waals surface area contributed by atoms with E-state index in [1.807, 2.05) is 0 Å². The molecule has 0 unspecified atom stereocenters. The molecule has 2 radical (unpaired) electrons. The maximum Gasteiger partial charge on any atom is 0.189 e. The Morgan fingerprint density at radius 1 is 0.350 bits per heavy atom. The monoisotopic (exact) mass is 246 g/mol. The first-order valence-electron chi connectivity index (χ1n) is 7.02. The summed E-state index contributed by atoms with van der Waals surface area (Å²) in [5.74, 6) is 0. The highest BCUT2D eigenvalue weighted by Gasteiger charge is 2.20. The largest absolute Gasteiger partial charge is 0.189 e. The van der Waals surface area contributed by atoms with Crippen LogP contribution in [0.1, 0.15) is 0 Å². The van der Waals surface area contributed by atoms with E-state index >= 15 is 0 Å². The van der Waals surface area contributed by atoms with Crippen LogP contribution in [0.2, 0.25) is 0 Å². The van der Waals surface area contributed by atoms with Gasteiger partial charge in [-0.2, -0.15) is 0 Å². The average Bonchev–Trinajstić information content (AvgIpc) is 2.43. The van der Waals surface area contributed by atoms with Gasteiger partial charge in [0.05, 0.1) is 0 Å². The van der Waals surface area contributed by atoms with Crippen LogP contribution in [0.15, 0.2) is 48.5 Å². The van der Waals surface area contributed by atoms with Gasteiger partial charge in [-0.15, -0.1) is 0 Å². The molecule has 1 aliphatic rings. The summed E-state index contributed by atoms with van der Waals surface area (Å²) in [6, 6.07) is 18.6. The molecule has 0 nitrogen and oxygen atoms in total. The van der Waals surface area contributed by atoms with Crippen molar-refractivity contribution in [3.63, 3.8) is 0 Å². The fraction of sp³-hybridized carbons (Fsp3) is 0. The first kappa shape index (κ1) is 9.66. The zero-order valence-corrected chi connectivity index (χ0v) is 10.8. The van der Waals surface area contributed by atoms with Crippen LogP contribution < -0.4 is 21.9 Å². The summed E-state index contributed by atoms with van der Waals surface area (Å²) in [6.07, 6.45) is 0. The van der Waals surface area contributed by atoms with Crippen molar-refractivity contribution < 1.29 is 0 Å². The van der Waals surface area contributed by atoms with Gasteiger partial charge in [0.1, 0.15) is 0 Å². The van der Waals surface area contributed by atoms with E-state index < -0.39 is 0 Å². The van der Waals surface area contributed by atoms with Gasteiger partial charge in [0.15, 0.2) is 14.6 Å². The highest BCUT2D eigenvalue weighted by molar-refractivity contribution is 6.87. The normalized spacial score (nSPS) is 13.8. The quantitative estimate of drug-likeness (QED) is 0.283. The van der Waals surface area contributed by atoms with Crippen molar-refractivity contribution in [3.05, 3.63) is 48.5 Å². The lowest BCUT2D eigenvalue weighted by Crippen LogP contribution is -2.56. The van der Waals surface area contributed by atoms with Crippen molar-refractivity contribution in [1.82, 2.24) is 0 Å². The maximum atomic E-state index is 2.33. The fourth-order valence-corrected chi connectivity index (χ4v) is 3.76. The second-order valence-electron chi connectivity index (χ2n) is 6.00. The van der Waals surface area contributed by atoms with Crippen LogP contribution in [0, 0.1) is 0 Å². The van der Waals surface area contributed by atoms with Crippen molar-refractivity contribution in [3.8, 4) is 0 Å². The summed E-state index contributed by atoms with van der Waals surface area (Å²) in [5, 5.41) is 8.05. The van der Waals surface area contributed by atoms with Crippen LogP contribution in [0.25, 0.3) is 32.3 Å². The Morgan fingerprint density at radius 2 is 0.600 bits per heavy atom. The molecule has 0 saturated carbocycles. The summed E-state index contributed by atoms with van der Waals surface area (Å²) < 4.78 is 0. The zero-order valence-electron chi connectivity index (χ0n) is 10.8. The van der Waals surface area contributed by atoms with E-state index in [1.165, 1.54) is 54.2 Å². The van der Waals surface area contributed by atoms with Gasteiger partial charge in [-0.3, -0.25) is 0 Å². The molecule has 2 heteroatoms. The predicted molar refractivity (Wildman–Crippen MR) is 89.0 cm³/mol. The van der Waals surface area contributed by atoms with E-state index in [2.05, 4.69) is 63.1 Å². The van der Waals surface area contributed by atoms with Gasteiger partial charge in [0.2, 0.25) is 0 Å². The molecule has 4 aromatic carbocycles. The molecule has 0 N–H and O–H groups in total. The molecule has 0 aromatic heterocycles. The summed E-state index contributed by atoms with van der Waals surface area (Å²) >= 11 is 0. The minimum Gasteiger partial charge on any atom is -0.0865 e. The minimum atomic E-state index is 1.34. The van der Waals surface area contributed by atoms with E-state index in [4.69, 9.17) is 0 Å². The molecule has 0 spiro atoms.